The molecule has 0 amide bonds. The highest BCUT2D eigenvalue weighted by atomic mass is 32.2. The van der Waals surface area contributed by atoms with Gasteiger partial charge in [-0.25, -0.2) is 0 Å². The van der Waals surface area contributed by atoms with Crippen molar-refractivity contribution in [2.24, 2.45) is 0 Å². The van der Waals surface area contributed by atoms with Crippen molar-refractivity contribution in [3.8, 4) is 16.9 Å². The molecule has 1 aromatic heterocycles. The molecular formula is C47H31F3N2O3S2. The monoisotopic (exact) mass is 792 g/mol. The molecule has 280 valence electrons. The minimum atomic E-state index is -6.00. The number of alkyl halides is 3. The molecule has 0 saturated heterocycles. The van der Waals surface area contributed by atoms with Crippen molar-refractivity contribution in [3.63, 3.8) is 0 Å². The summed E-state index contributed by atoms with van der Waals surface area (Å²) < 4.78 is 73.1. The number of hydrogen-bond acceptors (Lipinski definition) is 6. The van der Waals surface area contributed by atoms with Gasteiger partial charge in [0.15, 0.2) is 0 Å². The summed E-state index contributed by atoms with van der Waals surface area (Å²) in [4.78, 5) is 4.04. The van der Waals surface area contributed by atoms with Gasteiger partial charge in [-0.05, 0) is 94.7 Å². The van der Waals surface area contributed by atoms with Crippen LogP contribution in [-0.2, 0) is 10.1 Å². The predicted octanol–water partition coefficient (Wildman–Crippen LogP) is 14.0. The molecule has 0 unspecified atom stereocenters. The third kappa shape index (κ3) is 6.94. The lowest BCUT2D eigenvalue weighted by atomic mass is 10.0. The van der Waals surface area contributed by atoms with E-state index < -0.39 is 21.4 Å². The highest BCUT2D eigenvalue weighted by molar-refractivity contribution is 7.88. The molecular weight excluding hydrogens is 762 g/mol. The van der Waals surface area contributed by atoms with Gasteiger partial charge in [-0.15, -0.1) is 11.3 Å². The maximum atomic E-state index is 13.8. The Labute approximate surface area is 331 Å². The molecule has 0 saturated carbocycles. The summed E-state index contributed by atoms with van der Waals surface area (Å²) in [7, 11) is -6.00. The fraction of sp³-hybridized carbons (Fsp3) is 0.0213. The van der Waals surface area contributed by atoms with Gasteiger partial charge in [0.05, 0.1) is 10.4 Å². The summed E-state index contributed by atoms with van der Waals surface area (Å²) in [5, 5.41) is 3.22. The minimum absolute atomic E-state index is 0.458. The zero-order valence-corrected chi connectivity index (χ0v) is 31.6. The summed E-state index contributed by atoms with van der Waals surface area (Å²) in [6.07, 6.45) is 0. The standard InChI is InChI=1S/C47H31F3N2O3S2/c48-47(49,50)57(53,54)55-41-30-43-42-29-40(51(36-18-6-2-7-19-36)38-22-12-17-35(27-38)32-13-4-1-5-14-32)25-26-45(42)56-46(43)44(31-41)52(37-20-8-3-9-21-37)39-24-23-33-15-10-11-16-34(33)28-39/h1-31H. The number of anilines is 6. The first kappa shape index (κ1) is 36.0. The van der Waals surface area contributed by atoms with Crippen molar-refractivity contribution in [1.82, 2.24) is 0 Å². The molecule has 0 aliphatic rings. The average molecular weight is 793 g/mol. The Hall–Kier alpha value is -6.62. The van der Waals surface area contributed by atoms with E-state index in [9.17, 15) is 21.6 Å². The van der Waals surface area contributed by atoms with Crippen LogP contribution >= 0.6 is 11.3 Å². The number of rotatable bonds is 9. The predicted molar refractivity (Wildman–Crippen MR) is 227 cm³/mol. The van der Waals surface area contributed by atoms with Crippen molar-refractivity contribution in [2.45, 2.75) is 5.51 Å². The molecule has 9 aromatic rings. The van der Waals surface area contributed by atoms with E-state index in [1.165, 1.54) is 23.5 Å². The molecule has 1 heterocycles. The van der Waals surface area contributed by atoms with Crippen LogP contribution in [0, 0.1) is 0 Å². The molecule has 8 aromatic carbocycles. The second-order valence-electron chi connectivity index (χ2n) is 13.4. The molecule has 10 heteroatoms. The molecule has 0 bridgehead atoms. The molecule has 0 spiro atoms. The smallest absolute Gasteiger partial charge is 0.376 e. The van der Waals surface area contributed by atoms with E-state index in [-0.39, 0.29) is 0 Å². The Kier molecular flexibility index (Phi) is 9.15. The number of fused-ring (bicyclic) bond motifs is 4. The molecule has 0 fully saturated rings. The van der Waals surface area contributed by atoms with Crippen molar-refractivity contribution < 1.29 is 25.8 Å². The van der Waals surface area contributed by atoms with Crippen LogP contribution in [0.5, 0.6) is 5.75 Å². The number of halogens is 3. The highest BCUT2D eigenvalue weighted by Gasteiger charge is 2.48. The summed E-state index contributed by atoms with van der Waals surface area (Å²) in [6, 6.07) is 60.2. The van der Waals surface area contributed by atoms with Gasteiger partial charge in [0.1, 0.15) is 5.75 Å². The van der Waals surface area contributed by atoms with E-state index in [0.29, 0.717) is 11.1 Å². The Morgan fingerprint density at radius 2 is 1.04 bits per heavy atom. The number of thiophene rings is 1. The minimum Gasteiger partial charge on any atom is -0.376 e. The van der Waals surface area contributed by atoms with E-state index in [4.69, 9.17) is 4.18 Å². The third-order valence-electron chi connectivity index (χ3n) is 9.73. The van der Waals surface area contributed by atoms with Gasteiger partial charge in [0.2, 0.25) is 0 Å². The Balaban J connectivity index is 1.28. The lowest BCUT2D eigenvalue weighted by molar-refractivity contribution is -0.0500. The van der Waals surface area contributed by atoms with Gasteiger partial charge >= 0.3 is 15.6 Å². The number of benzene rings is 8. The molecule has 0 radical (unpaired) electrons. The molecule has 0 atom stereocenters. The zero-order valence-electron chi connectivity index (χ0n) is 30.0. The Bertz CT molecular complexity index is 3010. The summed E-state index contributed by atoms with van der Waals surface area (Å²) in [6.45, 7) is 0. The number of hydrogen-bond donors (Lipinski definition) is 0. The number of nitrogens with zero attached hydrogens (tertiary/aromatic N) is 2. The highest BCUT2D eigenvalue weighted by Crippen LogP contribution is 2.49. The van der Waals surface area contributed by atoms with Crippen LogP contribution in [-0.4, -0.2) is 13.9 Å². The van der Waals surface area contributed by atoms with Crippen LogP contribution in [0.1, 0.15) is 0 Å². The first-order valence-electron chi connectivity index (χ1n) is 18.0. The van der Waals surface area contributed by atoms with Crippen molar-refractivity contribution in [3.05, 3.63) is 188 Å². The van der Waals surface area contributed by atoms with Crippen LogP contribution < -0.4 is 14.0 Å². The van der Waals surface area contributed by atoms with Gasteiger partial charge in [-0.3, -0.25) is 0 Å². The van der Waals surface area contributed by atoms with Gasteiger partial charge in [0.25, 0.3) is 0 Å². The first-order valence-corrected chi connectivity index (χ1v) is 20.2. The van der Waals surface area contributed by atoms with Crippen LogP contribution in [0.3, 0.4) is 0 Å². The largest absolute Gasteiger partial charge is 0.534 e. The summed E-state index contributed by atoms with van der Waals surface area (Å²) >= 11 is 1.47. The van der Waals surface area contributed by atoms with Gasteiger partial charge < -0.3 is 14.0 Å². The zero-order chi connectivity index (χ0) is 39.1. The van der Waals surface area contributed by atoms with Crippen LogP contribution in [0.25, 0.3) is 42.1 Å². The van der Waals surface area contributed by atoms with E-state index in [1.54, 1.807) is 0 Å². The Morgan fingerprint density at radius 3 is 1.74 bits per heavy atom. The normalized spacial score (nSPS) is 11.9. The SMILES string of the molecule is O=S(=O)(Oc1cc(N(c2ccccc2)c2ccc3ccccc3c2)c2sc3ccc(N(c4ccccc4)c4cccc(-c5ccccc5)c4)cc3c2c1)C(F)(F)F. The summed E-state index contributed by atoms with van der Waals surface area (Å²) in [5.41, 5.74) is 0.957. The van der Waals surface area contributed by atoms with Crippen molar-refractivity contribution in [1.29, 1.82) is 0 Å². The Morgan fingerprint density at radius 1 is 0.474 bits per heavy atom. The topological polar surface area (TPSA) is 49.9 Å². The van der Waals surface area contributed by atoms with E-state index in [0.717, 1.165) is 65.1 Å². The van der Waals surface area contributed by atoms with E-state index >= 15 is 0 Å². The van der Waals surface area contributed by atoms with Crippen LogP contribution in [0.4, 0.5) is 47.3 Å². The number of para-hydroxylation sites is 2. The van der Waals surface area contributed by atoms with Crippen LogP contribution in [0.15, 0.2) is 188 Å². The maximum Gasteiger partial charge on any atom is 0.534 e. The average Bonchev–Trinajstić information content (AvgIpc) is 3.60. The van der Waals surface area contributed by atoms with Crippen LogP contribution in [0.2, 0.25) is 0 Å². The molecule has 9 rings (SSSR count). The van der Waals surface area contributed by atoms with E-state index in [2.05, 4.69) is 29.2 Å². The maximum absolute atomic E-state index is 13.8. The van der Waals surface area contributed by atoms with Gasteiger partial charge in [-0.1, -0.05) is 109 Å². The first-order chi connectivity index (χ1) is 27.6. The van der Waals surface area contributed by atoms with Crippen molar-refractivity contribution >= 4 is 86.5 Å². The molecule has 0 aliphatic carbocycles. The quantitative estimate of drug-likeness (QED) is 0.108. The van der Waals surface area contributed by atoms with E-state index in [1.807, 2.05) is 157 Å². The second kappa shape index (κ2) is 14.5. The van der Waals surface area contributed by atoms with Gasteiger partial charge in [-0.2, -0.15) is 21.6 Å². The lowest BCUT2D eigenvalue weighted by Gasteiger charge is -2.27. The molecule has 0 N–H and O–H groups in total. The molecule has 57 heavy (non-hydrogen) atoms. The fourth-order valence-corrected chi connectivity index (χ4v) is 8.76. The molecule has 0 aliphatic heterocycles. The second-order valence-corrected chi connectivity index (χ2v) is 16.0. The van der Waals surface area contributed by atoms with Gasteiger partial charge in [0, 0.05) is 50.0 Å². The third-order valence-corrected chi connectivity index (χ3v) is 11.9. The summed E-state index contributed by atoms with van der Waals surface area (Å²) in [5.74, 6) is -0.461. The molecule has 5 nitrogen and oxygen atoms in total. The van der Waals surface area contributed by atoms with Crippen molar-refractivity contribution in [2.75, 3.05) is 9.80 Å². The lowest BCUT2D eigenvalue weighted by Crippen LogP contribution is -2.28. The fourth-order valence-electron chi connectivity index (χ4n) is 7.15.